The molecule has 0 heterocycles. The van der Waals surface area contributed by atoms with Crippen LogP contribution in [0, 0.1) is 5.92 Å². The zero-order valence-electron chi connectivity index (χ0n) is 9.17. The van der Waals surface area contributed by atoms with Crippen molar-refractivity contribution in [1.29, 1.82) is 0 Å². The molecule has 1 N–H and O–H groups in total. The van der Waals surface area contributed by atoms with E-state index in [-0.39, 0.29) is 0 Å². The van der Waals surface area contributed by atoms with Gasteiger partial charge in [0, 0.05) is 11.6 Å². The lowest BCUT2D eigenvalue weighted by atomic mass is 10.2. The van der Waals surface area contributed by atoms with Crippen molar-refractivity contribution in [3.8, 4) is 0 Å². The standard InChI is InChI=1S/C12H15BrClNO/c1-16-7-12(8-2-3-8)15-11-5-4-9(13)6-10(11)14/h4-6,8,12,15H,2-3,7H2,1H3. The number of rotatable bonds is 5. The van der Waals surface area contributed by atoms with Gasteiger partial charge in [-0.25, -0.2) is 0 Å². The number of benzene rings is 1. The lowest BCUT2D eigenvalue weighted by molar-refractivity contribution is 0.179. The Bertz CT molecular complexity index is 368. The Labute approximate surface area is 109 Å². The van der Waals surface area contributed by atoms with Crippen LogP contribution in [0.4, 0.5) is 5.69 Å². The maximum Gasteiger partial charge on any atom is 0.0666 e. The minimum absolute atomic E-state index is 0.378. The minimum Gasteiger partial charge on any atom is -0.383 e. The fourth-order valence-corrected chi connectivity index (χ4v) is 2.51. The molecule has 1 aliphatic carbocycles. The van der Waals surface area contributed by atoms with E-state index in [1.807, 2.05) is 18.2 Å². The number of anilines is 1. The van der Waals surface area contributed by atoms with E-state index in [1.165, 1.54) is 12.8 Å². The van der Waals surface area contributed by atoms with Crippen LogP contribution in [0.2, 0.25) is 5.02 Å². The summed E-state index contributed by atoms with van der Waals surface area (Å²) >= 11 is 9.56. The highest BCUT2D eigenvalue weighted by molar-refractivity contribution is 9.10. The van der Waals surface area contributed by atoms with Gasteiger partial charge < -0.3 is 10.1 Å². The van der Waals surface area contributed by atoms with Gasteiger partial charge in [0.1, 0.15) is 0 Å². The molecular formula is C12H15BrClNO. The number of hydrogen-bond acceptors (Lipinski definition) is 2. The van der Waals surface area contributed by atoms with E-state index < -0.39 is 0 Å². The predicted molar refractivity (Wildman–Crippen MR) is 71.2 cm³/mol. The highest BCUT2D eigenvalue weighted by atomic mass is 79.9. The van der Waals surface area contributed by atoms with Crippen molar-refractivity contribution in [2.24, 2.45) is 5.92 Å². The Morgan fingerprint density at radius 3 is 2.88 bits per heavy atom. The van der Waals surface area contributed by atoms with Crippen LogP contribution in [-0.4, -0.2) is 19.8 Å². The largest absolute Gasteiger partial charge is 0.383 e. The fourth-order valence-electron chi connectivity index (χ4n) is 1.78. The van der Waals surface area contributed by atoms with Crippen LogP contribution in [0.25, 0.3) is 0 Å². The van der Waals surface area contributed by atoms with Crippen LogP contribution in [0.1, 0.15) is 12.8 Å². The third-order valence-electron chi connectivity index (χ3n) is 2.81. The highest BCUT2D eigenvalue weighted by Crippen LogP contribution is 2.36. The zero-order valence-corrected chi connectivity index (χ0v) is 11.5. The van der Waals surface area contributed by atoms with Gasteiger partial charge in [0.25, 0.3) is 0 Å². The molecule has 0 aromatic heterocycles. The van der Waals surface area contributed by atoms with Crippen LogP contribution in [0.15, 0.2) is 22.7 Å². The molecule has 1 aromatic rings. The molecular weight excluding hydrogens is 289 g/mol. The third-order valence-corrected chi connectivity index (χ3v) is 3.62. The van der Waals surface area contributed by atoms with Gasteiger partial charge in [-0.1, -0.05) is 27.5 Å². The Kier molecular flexibility index (Phi) is 4.11. The number of nitrogens with one attached hydrogen (secondary N) is 1. The first-order chi connectivity index (χ1) is 7.70. The molecule has 0 saturated heterocycles. The van der Waals surface area contributed by atoms with Crippen LogP contribution in [0.5, 0.6) is 0 Å². The van der Waals surface area contributed by atoms with Crippen molar-refractivity contribution < 1.29 is 4.74 Å². The number of ether oxygens (including phenoxy) is 1. The van der Waals surface area contributed by atoms with Crippen LogP contribution in [0.3, 0.4) is 0 Å². The maximum atomic E-state index is 6.17. The molecule has 1 unspecified atom stereocenters. The molecule has 0 bridgehead atoms. The number of halogens is 2. The molecule has 16 heavy (non-hydrogen) atoms. The Morgan fingerprint density at radius 2 is 2.31 bits per heavy atom. The first-order valence-corrected chi connectivity index (χ1v) is 6.58. The summed E-state index contributed by atoms with van der Waals surface area (Å²) < 4.78 is 6.22. The monoisotopic (exact) mass is 303 g/mol. The average molecular weight is 305 g/mol. The van der Waals surface area contributed by atoms with Crippen LogP contribution < -0.4 is 5.32 Å². The second kappa shape index (κ2) is 5.39. The molecule has 88 valence electrons. The molecule has 0 radical (unpaired) electrons. The molecule has 0 amide bonds. The summed E-state index contributed by atoms with van der Waals surface area (Å²) in [5.41, 5.74) is 0.985. The maximum absolute atomic E-state index is 6.17. The predicted octanol–water partition coefficient (Wildman–Crippen LogP) is 3.94. The van der Waals surface area contributed by atoms with Gasteiger partial charge in [0.15, 0.2) is 0 Å². The third kappa shape index (κ3) is 3.12. The molecule has 2 nitrogen and oxygen atoms in total. The second-order valence-corrected chi connectivity index (χ2v) is 5.49. The van der Waals surface area contributed by atoms with E-state index in [0.717, 1.165) is 27.7 Å². The van der Waals surface area contributed by atoms with Gasteiger partial charge in [-0.05, 0) is 37.0 Å². The van der Waals surface area contributed by atoms with Crippen LogP contribution >= 0.6 is 27.5 Å². The summed E-state index contributed by atoms with van der Waals surface area (Å²) in [5.74, 6) is 0.736. The SMILES string of the molecule is COCC(Nc1ccc(Br)cc1Cl)C1CC1. The van der Waals surface area contributed by atoms with Gasteiger partial charge in [-0.3, -0.25) is 0 Å². The van der Waals surface area contributed by atoms with Gasteiger partial charge in [0.2, 0.25) is 0 Å². The Hall–Kier alpha value is -0.250. The van der Waals surface area contributed by atoms with Gasteiger partial charge in [0.05, 0.1) is 23.4 Å². The van der Waals surface area contributed by atoms with Crippen molar-refractivity contribution in [2.75, 3.05) is 19.0 Å². The van der Waals surface area contributed by atoms with Crippen molar-refractivity contribution in [1.82, 2.24) is 0 Å². The summed E-state index contributed by atoms with van der Waals surface area (Å²) in [7, 11) is 1.74. The van der Waals surface area contributed by atoms with Crippen molar-refractivity contribution in [2.45, 2.75) is 18.9 Å². The smallest absolute Gasteiger partial charge is 0.0666 e. The minimum atomic E-state index is 0.378. The lowest BCUT2D eigenvalue weighted by Gasteiger charge is -2.19. The van der Waals surface area contributed by atoms with Gasteiger partial charge >= 0.3 is 0 Å². The van der Waals surface area contributed by atoms with Crippen molar-refractivity contribution in [3.63, 3.8) is 0 Å². The molecule has 1 aromatic carbocycles. The lowest BCUT2D eigenvalue weighted by Crippen LogP contribution is -2.27. The van der Waals surface area contributed by atoms with Crippen molar-refractivity contribution in [3.05, 3.63) is 27.7 Å². The van der Waals surface area contributed by atoms with E-state index in [0.29, 0.717) is 6.04 Å². The van der Waals surface area contributed by atoms with E-state index >= 15 is 0 Å². The Balaban J connectivity index is 2.05. The first kappa shape index (κ1) is 12.2. The molecule has 4 heteroatoms. The molecule has 1 aliphatic rings. The van der Waals surface area contributed by atoms with Crippen LogP contribution in [-0.2, 0) is 4.74 Å². The molecule has 0 spiro atoms. The molecule has 1 saturated carbocycles. The molecule has 0 aliphatic heterocycles. The summed E-state index contributed by atoms with van der Waals surface area (Å²) in [6.45, 7) is 0.733. The van der Waals surface area contributed by atoms with E-state index in [1.54, 1.807) is 7.11 Å². The fraction of sp³-hybridized carbons (Fsp3) is 0.500. The normalized spacial score (nSPS) is 17.2. The molecule has 2 rings (SSSR count). The summed E-state index contributed by atoms with van der Waals surface area (Å²) in [6, 6.07) is 6.27. The average Bonchev–Trinajstić information content (AvgIpc) is 3.04. The quantitative estimate of drug-likeness (QED) is 0.889. The van der Waals surface area contributed by atoms with Crippen molar-refractivity contribution >= 4 is 33.2 Å². The second-order valence-electron chi connectivity index (χ2n) is 4.17. The summed E-state index contributed by atoms with van der Waals surface area (Å²) in [5, 5.41) is 4.21. The topological polar surface area (TPSA) is 21.3 Å². The first-order valence-electron chi connectivity index (χ1n) is 5.41. The number of hydrogen-bond donors (Lipinski definition) is 1. The highest BCUT2D eigenvalue weighted by Gasteiger charge is 2.31. The molecule has 1 fully saturated rings. The number of methoxy groups -OCH3 is 1. The van der Waals surface area contributed by atoms with E-state index in [9.17, 15) is 0 Å². The zero-order chi connectivity index (χ0) is 11.5. The summed E-state index contributed by atoms with van der Waals surface area (Å²) in [6.07, 6.45) is 2.57. The molecule has 1 atom stereocenters. The van der Waals surface area contributed by atoms with Gasteiger partial charge in [-0.2, -0.15) is 0 Å². The summed E-state index contributed by atoms with van der Waals surface area (Å²) in [4.78, 5) is 0. The Morgan fingerprint density at radius 1 is 1.56 bits per heavy atom. The van der Waals surface area contributed by atoms with E-state index in [4.69, 9.17) is 16.3 Å². The van der Waals surface area contributed by atoms with Gasteiger partial charge in [-0.15, -0.1) is 0 Å². The van der Waals surface area contributed by atoms with E-state index in [2.05, 4.69) is 21.2 Å².